The molecule has 0 radical (unpaired) electrons. The van der Waals surface area contributed by atoms with E-state index in [2.05, 4.69) is 19.2 Å². The summed E-state index contributed by atoms with van der Waals surface area (Å²) in [6.45, 7) is 5.80. The molecule has 0 atom stereocenters. The SMILES string of the molecule is COc1cc(C#N)ccc1OCC(=O)NCCOCCC(C)C. The monoisotopic (exact) mass is 320 g/mol. The zero-order chi connectivity index (χ0) is 17.1. The molecule has 126 valence electrons. The van der Waals surface area contributed by atoms with Crippen LogP contribution in [0, 0.1) is 17.2 Å². The van der Waals surface area contributed by atoms with Crippen LogP contribution in [0.1, 0.15) is 25.8 Å². The third kappa shape index (κ3) is 7.52. The number of hydrogen-bond acceptors (Lipinski definition) is 5. The van der Waals surface area contributed by atoms with Gasteiger partial charge in [0.25, 0.3) is 5.91 Å². The summed E-state index contributed by atoms with van der Waals surface area (Å²) in [4.78, 5) is 11.7. The molecular weight excluding hydrogens is 296 g/mol. The van der Waals surface area contributed by atoms with Crippen molar-refractivity contribution < 1.29 is 19.0 Å². The molecule has 0 aromatic heterocycles. The fraction of sp³-hybridized carbons (Fsp3) is 0.529. The summed E-state index contributed by atoms with van der Waals surface area (Å²) in [5.41, 5.74) is 0.470. The molecule has 0 bridgehead atoms. The minimum Gasteiger partial charge on any atom is -0.493 e. The smallest absolute Gasteiger partial charge is 0.258 e. The Bertz CT molecular complexity index is 538. The van der Waals surface area contributed by atoms with E-state index in [1.165, 1.54) is 7.11 Å². The van der Waals surface area contributed by atoms with Gasteiger partial charge in [0.2, 0.25) is 0 Å². The van der Waals surface area contributed by atoms with Crippen molar-refractivity contribution in [1.29, 1.82) is 5.26 Å². The van der Waals surface area contributed by atoms with Crippen LogP contribution in [0.3, 0.4) is 0 Å². The van der Waals surface area contributed by atoms with Gasteiger partial charge in [0.15, 0.2) is 18.1 Å². The lowest BCUT2D eigenvalue weighted by Gasteiger charge is -2.11. The average Bonchev–Trinajstić information content (AvgIpc) is 2.55. The number of methoxy groups -OCH3 is 1. The first-order valence-corrected chi connectivity index (χ1v) is 7.62. The second-order valence-corrected chi connectivity index (χ2v) is 5.41. The van der Waals surface area contributed by atoms with Gasteiger partial charge in [0.05, 0.1) is 25.3 Å². The van der Waals surface area contributed by atoms with Crippen LogP contribution in [0.4, 0.5) is 0 Å². The molecule has 6 nitrogen and oxygen atoms in total. The van der Waals surface area contributed by atoms with Gasteiger partial charge in [-0.3, -0.25) is 4.79 Å². The maximum atomic E-state index is 11.7. The molecule has 1 rings (SSSR count). The van der Waals surface area contributed by atoms with Crippen LogP contribution in [0.5, 0.6) is 11.5 Å². The van der Waals surface area contributed by atoms with E-state index in [1.807, 2.05) is 6.07 Å². The van der Waals surface area contributed by atoms with Crippen molar-refractivity contribution >= 4 is 5.91 Å². The Kier molecular flexibility index (Phi) is 8.55. The van der Waals surface area contributed by atoms with E-state index in [0.717, 1.165) is 6.42 Å². The van der Waals surface area contributed by atoms with E-state index >= 15 is 0 Å². The Morgan fingerprint density at radius 1 is 1.30 bits per heavy atom. The van der Waals surface area contributed by atoms with Crippen molar-refractivity contribution in [1.82, 2.24) is 5.32 Å². The van der Waals surface area contributed by atoms with Crippen LogP contribution in [0.2, 0.25) is 0 Å². The maximum Gasteiger partial charge on any atom is 0.258 e. The van der Waals surface area contributed by atoms with Gasteiger partial charge in [-0.15, -0.1) is 0 Å². The first kappa shape index (κ1) is 18.8. The first-order chi connectivity index (χ1) is 11.1. The molecule has 23 heavy (non-hydrogen) atoms. The van der Waals surface area contributed by atoms with Crippen molar-refractivity contribution in [3.63, 3.8) is 0 Å². The highest BCUT2D eigenvalue weighted by atomic mass is 16.5. The molecule has 1 N–H and O–H groups in total. The molecule has 1 aromatic rings. The number of hydrogen-bond donors (Lipinski definition) is 1. The number of amides is 1. The van der Waals surface area contributed by atoms with Gasteiger partial charge in [-0.2, -0.15) is 5.26 Å². The van der Waals surface area contributed by atoms with Gasteiger partial charge in [-0.05, 0) is 24.5 Å². The third-order valence-electron chi connectivity index (χ3n) is 3.06. The summed E-state index contributed by atoms with van der Waals surface area (Å²) in [6.07, 6.45) is 1.01. The predicted molar refractivity (Wildman–Crippen MR) is 86.5 cm³/mol. The van der Waals surface area contributed by atoms with E-state index < -0.39 is 0 Å². The number of nitriles is 1. The van der Waals surface area contributed by atoms with Crippen LogP contribution < -0.4 is 14.8 Å². The lowest BCUT2D eigenvalue weighted by atomic mass is 10.1. The van der Waals surface area contributed by atoms with Crippen LogP contribution in [-0.2, 0) is 9.53 Å². The molecule has 0 saturated carbocycles. The highest BCUT2D eigenvalue weighted by Gasteiger charge is 2.08. The van der Waals surface area contributed by atoms with Crippen molar-refractivity contribution in [3.8, 4) is 17.6 Å². The van der Waals surface area contributed by atoms with Crippen molar-refractivity contribution in [2.24, 2.45) is 5.92 Å². The lowest BCUT2D eigenvalue weighted by Crippen LogP contribution is -2.31. The lowest BCUT2D eigenvalue weighted by molar-refractivity contribution is -0.123. The van der Waals surface area contributed by atoms with E-state index in [9.17, 15) is 4.79 Å². The molecule has 0 spiro atoms. The minimum absolute atomic E-state index is 0.117. The molecule has 0 saturated heterocycles. The molecule has 1 aromatic carbocycles. The highest BCUT2D eigenvalue weighted by Crippen LogP contribution is 2.27. The summed E-state index contributed by atoms with van der Waals surface area (Å²) < 4.78 is 16.0. The average molecular weight is 320 g/mol. The van der Waals surface area contributed by atoms with Gasteiger partial charge in [0.1, 0.15) is 0 Å². The standard InChI is InChI=1S/C17H24N2O4/c1-13(2)6-8-22-9-7-19-17(20)12-23-15-5-4-14(11-18)10-16(15)21-3/h4-5,10,13H,6-9,12H2,1-3H3,(H,19,20). The zero-order valence-electron chi connectivity index (χ0n) is 13.9. The number of carbonyl (C=O) groups is 1. The van der Waals surface area contributed by atoms with Crippen LogP contribution in [0.15, 0.2) is 18.2 Å². The third-order valence-corrected chi connectivity index (χ3v) is 3.06. The number of rotatable bonds is 10. The Labute approximate surface area is 137 Å². The van der Waals surface area contributed by atoms with Gasteiger partial charge in [-0.1, -0.05) is 13.8 Å². The Morgan fingerprint density at radius 2 is 2.09 bits per heavy atom. The predicted octanol–water partition coefficient (Wildman–Crippen LogP) is 2.12. The van der Waals surface area contributed by atoms with Gasteiger partial charge < -0.3 is 19.5 Å². The second-order valence-electron chi connectivity index (χ2n) is 5.41. The number of benzene rings is 1. The van der Waals surface area contributed by atoms with E-state index in [1.54, 1.807) is 18.2 Å². The Hall–Kier alpha value is -2.26. The molecule has 1 amide bonds. The normalized spacial score (nSPS) is 10.2. The van der Waals surface area contributed by atoms with Gasteiger partial charge >= 0.3 is 0 Å². The van der Waals surface area contributed by atoms with Crippen LogP contribution in [-0.4, -0.2) is 39.4 Å². The number of nitrogens with zero attached hydrogens (tertiary/aromatic N) is 1. The van der Waals surface area contributed by atoms with Crippen molar-refractivity contribution in [2.75, 3.05) is 33.5 Å². The summed E-state index contributed by atoms with van der Waals surface area (Å²) in [7, 11) is 1.48. The maximum absolute atomic E-state index is 11.7. The number of nitrogens with one attached hydrogen (secondary N) is 1. The van der Waals surface area contributed by atoms with Gasteiger partial charge in [0, 0.05) is 19.2 Å². The number of carbonyl (C=O) groups excluding carboxylic acids is 1. The molecule has 0 heterocycles. The summed E-state index contributed by atoms with van der Waals surface area (Å²) in [5.74, 6) is 1.23. The quantitative estimate of drug-likeness (QED) is 0.668. The molecule has 6 heteroatoms. The minimum atomic E-state index is -0.233. The summed E-state index contributed by atoms with van der Waals surface area (Å²) in [6, 6.07) is 6.80. The van der Waals surface area contributed by atoms with Crippen LogP contribution in [0.25, 0.3) is 0 Å². The summed E-state index contributed by atoms with van der Waals surface area (Å²) in [5, 5.41) is 11.6. The van der Waals surface area contributed by atoms with E-state index in [0.29, 0.717) is 42.7 Å². The van der Waals surface area contributed by atoms with E-state index in [-0.39, 0.29) is 12.5 Å². The van der Waals surface area contributed by atoms with E-state index in [4.69, 9.17) is 19.5 Å². The molecule has 0 aliphatic rings. The van der Waals surface area contributed by atoms with Gasteiger partial charge in [-0.25, -0.2) is 0 Å². The fourth-order valence-electron chi connectivity index (χ4n) is 1.73. The Balaban J connectivity index is 2.27. The molecule has 0 unspecified atom stereocenters. The van der Waals surface area contributed by atoms with Crippen molar-refractivity contribution in [3.05, 3.63) is 23.8 Å². The number of ether oxygens (including phenoxy) is 3. The topological polar surface area (TPSA) is 80.6 Å². The molecule has 0 fully saturated rings. The summed E-state index contributed by atoms with van der Waals surface area (Å²) >= 11 is 0. The van der Waals surface area contributed by atoms with Crippen LogP contribution >= 0.6 is 0 Å². The molecular formula is C17H24N2O4. The molecule has 0 aliphatic carbocycles. The zero-order valence-corrected chi connectivity index (χ0v) is 13.9. The highest BCUT2D eigenvalue weighted by molar-refractivity contribution is 5.77. The second kappa shape index (κ2) is 10.5. The Morgan fingerprint density at radius 3 is 2.74 bits per heavy atom. The first-order valence-electron chi connectivity index (χ1n) is 7.62. The fourth-order valence-corrected chi connectivity index (χ4v) is 1.73. The largest absolute Gasteiger partial charge is 0.493 e. The molecule has 0 aliphatic heterocycles. The van der Waals surface area contributed by atoms with Crippen molar-refractivity contribution in [2.45, 2.75) is 20.3 Å².